The maximum absolute atomic E-state index is 11.2. The maximum Gasteiger partial charge on any atom is 0.470 e. The van der Waals surface area contributed by atoms with E-state index in [2.05, 4.69) is 19.5 Å². The first-order chi connectivity index (χ1) is 16.1. The molecule has 2 aromatic heterocycles. The van der Waals surface area contributed by atoms with Crippen molar-refractivity contribution in [3.8, 4) is 0 Å². The van der Waals surface area contributed by atoms with Crippen molar-refractivity contribution in [3.05, 3.63) is 12.7 Å². The van der Waals surface area contributed by atoms with Crippen LogP contribution in [0.3, 0.4) is 0 Å². The van der Waals surface area contributed by atoms with Crippen molar-refractivity contribution >= 4 is 24.8 Å². The fourth-order valence-electron chi connectivity index (χ4n) is 3.93. The topological polar surface area (TPSA) is 265 Å². The lowest BCUT2D eigenvalue weighted by Gasteiger charge is -2.42. The van der Waals surface area contributed by atoms with E-state index in [1.54, 1.807) is 0 Å². The minimum atomic E-state index is -5.11. The maximum atomic E-state index is 11.2. The van der Waals surface area contributed by atoms with Gasteiger partial charge in [-0.25, -0.2) is 19.5 Å². The Morgan fingerprint density at radius 2 is 1.68 bits per heavy atom. The third-order valence-corrected chi connectivity index (χ3v) is 6.04. The van der Waals surface area contributed by atoms with Crippen molar-refractivity contribution in [1.82, 2.24) is 19.5 Å². The molecule has 0 bridgehead atoms. The number of rotatable bonds is 7. The summed E-state index contributed by atoms with van der Waals surface area (Å²) >= 11 is 0. The highest BCUT2D eigenvalue weighted by Crippen LogP contribution is 2.42. The molecule has 0 aromatic carbocycles. The van der Waals surface area contributed by atoms with Crippen LogP contribution in [0.5, 0.6) is 0 Å². The summed E-state index contributed by atoms with van der Waals surface area (Å²) in [5.74, 6) is 0.0950. The minimum absolute atomic E-state index is 0.0950. The van der Waals surface area contributed by atoms with Gasteiger partial charge in [0.25, 0.3) is 0 Å². The number of aromatic nitrogens is 4. The lowest BCUT2D eigenvalue weighted by molar-refractivity contribution is -0.316. The smallest absolute Gasteiger partial charge is 0.394 e. The lowest BCUT2D eigenvalue weighted by atomic mass is 9.99. The number of ether oxygens (including phenoxy) is 3. The first-order valence-electron chi connectivity index (χ1n) is 9.95. The quantitative estimate of drug-likeness (QED) is 0.165. The largest absolute Gasteiger partial charge is 0.470 e. The molecule has 2 aliphatic rings. The molecule has 18 heteroatoms. The van der Waals surface area contributed by atoms with E-state index in [4.69, 9.17) is 29.7 Å². The highest BCUT2D eigenvalue weighted by molar-refractivity contribution is 7.46. The van der Waals surface area contributed by atoms with Crippen molar-refractivity contribution in [3.63, 3.8) is 0 Å². The molecule has 4 rings (SSSR count). The fourth-order valence-corrected chi connectivity index (χ4v) is 4.51. The van der Waals surface area contributed by atoms with Gasteiger partial charge in [-0.2, -0.15) is 0 Å². The van der Waals surface area contributed by atoms with Crippen LogP contribution in [0, 0.1) is 0 Å². The normalized spacial score (nSPS) is 36.9. The summed E-state index contributed by atoms with van der Waals surface area (Å²) in [4.78, 5) is 30.0. The zero-order valence-corrected chi connectivity index (χ0v) is 18.1. The van der Waals surface area contributed by atoms with Gasteiger partial charge in [0.2, 0.25) is 0 Å². The van der Waals surface area contributed by atoms with E-state index in [9.17, 15) is 30.1 Å². The van der Waals surface area contributed by atoms with Crippen molar-refractivity contribution in [2.75, 3.05) is 18.9 Å². The Hall–Kier alpha value is -1.86. The average Bonchev–Trinajstić information content (AvgIpc) is 3.34. The number of imidazole rings is 1. The Kier molecular flexibility index (Phi) is 7.16. The Bertz CT molecular complexity index is 1050. The van der Waals surface area contributed by atoms with Crippen LogP contribution in [-0.2, 0) is 23.3 Å². The predicted octanol–water partition coefficient (Wildman–Crippen LogP) is -4.04. The average molecular weight is 509 g/mol. The number of hydrogen-bond donors (Lipinski definition) is 8. The SMILES string of the molecule is Nc1ncnc2c1ncn2[C@@H]1O[C@H](CO)[C@@H](O[C@H]2O[C@H](CO)[C@@H](OP(=O)(O)O)[C@H](O)[C@H]2O)[C@H]1O. The number of fused-ring (bicyclic) bond motifs is 1. The third-order valence-electron chi connectivity index (χ3n) is 5.52. The number of phosphoric ester groups is 1. The summed E-state index contributed by atoms with van der Waals surface area (Å²) in [5.41, 5.74) is 6.25. The van der Waals surface area contributed by atoms with E-state index in [-0.39, 0.29) is 17.0 Å². The van der Waals surface area contributed by atoms with Crippen molar-refractivity contribution in [1.29, 1.82) is 0 Å². The van der Waals surface area contributed by atoms with Crippen LogP contribution in [0.15, 0.2) is 12.7 Å². The van der Waals surface area contributed by atoms with Crippen LogP contribution in [0.25, 0.3) is 11.2 Å². The van der Waals surface area contributed by atoms with Gasteiger partial charge in [0.05, 0.1) is 19.5 Å². The highest BCUT2D eigenvalue weighted by atomic mass is 31.2. The zero-order chi connectivity index (χ0) is 24.8. The number of aliphatic hydroxyl groups is 5. The van der Waals surface area contributed by atoms with E-state index < -0.39 is 76.3 Å². The third kappa shape index (κ3) is 4.66. The number of hydrogen-bond acceptors (Lipinski definition) is 14. The molecule has 2 aliphatic heterocycles. The summed E-state index contributed by atoms with van der Waals surface area (Å²) in [6.07, 6.45) is -11.5. The molecule has 2 fully saturated rings. The summed E-state index contributed by atoms with van der Waals surface area (Å²) in [7, 11) is -5.11. The van der Waals surface area contributed by atoms with Gasteiger partial charge in [0.15, 0.2) is 24.0 Å². The summed E-state index contributed by atoms with van der Waals surface area (Å²) in [6, 6.07) is 0. The lowest BCUT2D eigenvalue weighted by Crippen LogP contribution is -2.61. The zero-order valence-electron chi connectivity index (χ0n) is 17.3. The van der Waals surface area contributed by atoms with E-state index in [1.165, 1.54) is 17.2 Å². The molecular formula is C16H24N5O12P. The van der Waals surface area contributed by atoms with Gasteiger partial charge in [-0.15, -0.1) is 0 Å². The molecule has 0 aliphatic carbocycles. The molecule has 0 radical (unpaired) electrons. The highest BCUT2D eigenvalue weighted by Gasteiger charge is 2.52. The molecule has 34 heavy (non-hydrogen) atoms. The van der Waals surface area contributed by atoms with Crippen molar-refractivity contribution in [2.24, 2.45) is 0 Å². The second-order valence-corrected chi connectivity index (χ2v) is 8.88. The number of nitrogens with zero attached hydrogens (tertiary/aromatic N) is 4. The monoisotopic (exact) mass is 509 g/mol. The van der Waals surface area contributed by atoms with Crippen LogP contribution in [0.1, 0.15) is 6.23 Å². The molecule has 9 N–H and O–H groups in total. The van der Waals surface area contributed by atoms with Crippen LogP contribution in [0.2, 0.25) is 0 Å². The molecule has 190 valence electrons. The van der Waals surface area contributed by atoms with E-state index >= 15 is 0 Å². The second-order valence-electron chi connectivity index (χ2n) is 7.69. The van der Waals surface area contributed by atoms with Gasteiger partial charge in [-0.3, -0.25) is 9.09 Å². The van der Waals surface area contributed by atoms with Gasteiger partial charge in [0.1, 0.15) is 54.6 Å². The Labute approximate surface area is 190 Å². The van der Waals surface area contributed by atoms with Crippen LogP contribution in [-0.4, -0.2) is 117 Å². The molecule has 0 amide bonds. The number of nitrogens with two attached hydrogens (primary N) is 1. The van der Waals surface area contributed by atoms with E-state index in [0.29, 0.717) is 0 Å². The van der Waals surface area contributed by atoms with Crippen LogP contribution in [0.4, 0.5) is 5.82 Å². The van der Waals surface area contributed by atoms with Gasteiger partial charge in [0, 0.05) is 0 Å². The van der Waals surface area contributed by atoms with Gasteiger partial charge >= 0.3 is 7.82 Å². The van der Waals surface area contributed by atoms with E-state index in [1.807, 2.05) is 0 Å². The molecule has 4 heterocycles. The Morgan fingerprint density at radius 3 is 2.32 bits per heavy atom. The Morgan fingerprint density at radius 1 is 1.00 bits per heavy atom. The molecule has 2 aromatic rings. The van der Waals surface area contributed by atoms with Gasteiger partial charge in [-0.05, 0) is 0 Å². The van der Waals surface area contributed by atoms with Crippen molar-refractivity contribution in [2.45, 2.75) is 55.2 Å². The van der Waals surface area contributed by atoms with Crippen LogP contribution < -0.4 is 5.73 Å². The molecule has 17 nitrogen and oxygen atoms in total. The van der Waals surface area contributed by atoms with Gasteiger partial charge < -0.3 is 55.3 Å². The molecule has 9 atom stereocenters. The molecule has 2 saturated heterocycles. The van der Waals surface area contributed by atoms with Gasteiger partial charge in [-0.1, -0.05) is 0 Å². The summed E-state index contributed by atoms with van der Waals surface area (Å²) in [5, 5.41) is 50.9. The predicted molar refractivity (Wildman–Crippen MR) is 106 cm³/mol. The standard InChI is InChI=1S/C16H24N5O12P/c17-13-7-14(19-3-18-13)21(4-20-7)15-10(26)11(5(1-22)30-15)32-16-9(25)8(24)12(6(2-23)31-16)33-34(27,28)29/h3-6,8-12,15-16,22-26H,1-2H2,(H2,17,18,19)(H2,27,28,29)/t5-,6-,8-,9-,10-,11-,12-,15-,16-/m1/s1. The fraction of sp³-hybridized carbons (Fsp3) is 0.688. The molecule has 0 saturated carbocycles. The number of anilines is 1. The van der Waals surface area contributed by atoms with Crippen molar-refractivity contribution < 1.29 is 58.6 Å². The number of aliphatic hydroxyl groups excluding tert-OH is 5. The summed E-state index contributed by atoms with van der Waals surface area (Å²) < 4.78 is 33.6. The molecular weight excluding hydrogens is 485 g/mol. The molecule has 0 spiro atoms. The number of nitrogen functional groups attached to an aromatic ring is 1. The molecule has 0 unspecified atom stereocenters. The first kappa shape index (κ1) is 25.2. The summed E-state index contributed by atoms with van der Waals surface area (Å²) in [6.45, 7) is -1.48. The Balaban J connectivity index is 1.54. The van der Waals surface area contributed by atoms with Crippen LogP contribution >= 0.6 is 7.82 Å². The second kappa shape index (κ2) is 9.65. The van der Waals surface area contributed by atoms with E-state index in [0.717, 1.165) is 0 Å². The minimum Gasteiger partial charge on any atom is -0.394 e. The first-order valence-corrected chi connectivity index (χ1v) is 11.5. The number of phosphoric acid groups is 1.